The van der Waals surface area contributed by atoms with Gasteiger partial charge in [0.1, 0.15) is 23.3 Å². The van der Waals surface area contributed by atoms with Crippen molar-refractivity contribution in [3.8, 4) is 0 Å². The number of benzene rings is 4. The Labute approximate surface area is 374 Å². The molecule has 0 aromatic heterocycles. The van der Waals surface area contributed by atoms with Crippen LogP contribution in [0.25, 0.3) is 0 Å². The van der Waals surface area contributed by atoms with Crippen molar-refractivity contribution in [1.82, 2.24) is 0 Å². The number of hydrogen-bond acceptors (Lipinski definition) is 0. The van der Waals surface area contributed by atoms with E-state index in [0.29, 0.717) is 0 Å². The van der Waals surface area contributed by atoms with Crippen LogP contribution < -0.4 is 21.5 Å². The minimum Gasteiger partial charge on any atom is -0.207 e. The predicted octanol–water partition coefficient (Wildman–Crippen LogP) is 14.4. The number of halogens is 10. The first-order valence-corrected chi connectivity index (χ1v) is 27.4. The summed E-state index contributed by atoms with van der Waals surface area (Å²) in [6.07, 6.45) is 0.0360. The Morgan fingerprint density at radius 1 is 0.375 bits per heavy atom. The van der Waals surface area contributed by atoms with E-state index in [1.54, 1.807) is 13.8 Å². The summed E-state index contributed by atoms with van der Waals surface area (Å²) in [5.74, 6) is -27.2. The lowest BCUT2D eigenvalue weighted by Crippen LogP contribution is -2.73. The molecular formula is C50H62B2F10P2. The van der Waals surface area contributed by atoms with Crippen LogP contribution in [0.5, 0.6) is 0 Å². The molecule has 3 saturated heterocycles. The molecule has 0 aliphatic carbocycles. The van der Waals surface area contributed by atoms with Crippen LogP contribution in [0.3, 0.4) is 0 Å². The molecule has 0 nitrogen and oxygen atoms in total. The van der Waals surface area contributed by atoms with Crippen molar-refractivity contribution in [1.29, 1.82) is 0 Å². The first kappa shape index (κ1) is 49.1. The molecular weight excluding hydrogens is 874 g/mol. The molecule has 4 bridgehead atoms. The second-order valence-electron chi connectivity index (χ2n) is 21.5. The van der Waals surface area contributed by atoms with E-state index in [0.717, 1.165) is 44.0 Å². The molecule has 4 aromatic carbocycles. The molecule has 348 valence electrons. The van der Waals surface area contributed by atoms with Gasteiger partial charge in [0.2, 0.25) is 11.7 Å². The molecule has 7 rings (SSSR count). The van der Waals surface area contributed by atoms with Crippen LogP contribution in [0.15, 0.2) is 24.3 Å². The van der Waals surface area contributed by atoms with Crippen molar-refractivity contribution in [2.24, 2.45) is 0 Å². The number of fused-ring (bicyclic) bond motifs is 6. The Morgan fingerprint density at radius 2 is 0.594 bits per heavy atom. The van der Waals surface area contributed by atoms with E-state index < -0.39 is 106 Å². The van der Waals surface area contributed by atoms with Gasteiger partial charge < -0.3 is 0 Å². The standard InChI is InChI=1S/C50H62B2F10P2/c1-23(2)31-19-33(25(5)6)49(34(20-31)26(7)8)63-17-15-52(29(63)13,38-41(55)45(59)48(62)46(60)42(38)56)64(50-35(27(9)10)21-32(24(3)4)22-36(50)28(11)12)18-16-51(63,30(64)14)37-39(53)43(57)47(61)44(58)40(37)54/h19-30H,15-18H2,1-14H3/t29-,30-,51+,52+,63?,64?/m0/s1. The zero-order valence-electron chi connectivity index (χ0n) is 39.6. The van der Waals surface area contributed by atoms with Gasteiger partial charge in [0.05, 0.1) is 10.6 Å². The van der Waals surface area contributed by atoms with Crippen LogP contribution >= 0.6 is 14.3 Å². The topological polar surface area (TPSA) is 0 Å². The van der Waals surface area contributed by atoms with E-state index in [-0.39, 0.29) is 60.5 Å². The second kappa shape index (κ2) is 16.4. The molecule has 3 fully saturated rings. The Balaban J connectivity index is 1.86. The van der Waals surface area contributed by atoms with Crippen molar-refractivity contribution in [3.63, 3.8) is 0 Å². The molecule has 0 radical (unpaired) electrons. The minimum absolute atomic E-state index is 0.0280. The van der Waals surface area contributed by atoms with Crippen molar-refractivity contribution in [3.05, 3.63) is 116 Å². The number of hydrogen-bond donors (Lipinski definition) is 0. The molecule has 0 amide bonds. The molecule has 64 heavy (non-hydrogen) atoms. The van der Waals surface area contributed by atoms with Crippen molar-refractivity contribution < 1.29 is 43.9 Å². The first-order chi connectivity index (χ1) is 29.7. The zero-order valence-corrected chi connectivity index (χ0v) is 41.4. The monoisotopic (exact) mass is 936 g/mol. The average molecular weight is 937 g/mol. The SMILES string of the molecule is CC(C)c1cc(C(C)C)c([P+]23CC[B@-](c4c(F)c(F)c(F)c(F)c4F)([C@@H]2C)[P+]2(c4c(C(C)C)cc(C(C)C)cc4C(C)C)CC[B@-]3(c3c(F)c(F)c(F)c(F)c3F)[C@@H]2C)c(C(C)C)c1. The van der Waals surface area contributed by atoms with Gasteiger partial charge in [-0.2, -0.15) is 0 Å². The van der Waals surface area contributed by atoms with Gasteiger partial charge in [-0.15, -0.1) is 26.9 Å². The van der Waals surface area contributed by atoms with E-state index in [2.05, 4.69) is 24.3 Å². The van der Waals surface area contributed by atoms with Gasteiger partial charge in [-0.1, -0.05) is 132 Å². The zero-order chi connectivity index (χ0) is 47.8. The van der Waals surface area contributed by atoms with Crippen molar-refractivity contribution >= 4 is 47.5 Å². The van der Waals surface area contributed by atoms with E-state index in [1.807, 2.05) is 83.1 Å². The average Bonchev–Trinajstić information content (AvgIpc) is 3.66. The fraction of sp³-hybridized carbons (Fsp3) is 0.520. The van der Waals surface area contributed by atoms with E-state index in [1.165, 1.54) is 0 Å². The molecule has 3 heterocycles. The predicted molar refractivity (Wildman–Crippen MR) is 252 cm³/mol. The fourth-order valence-electron chi connectivity index (χ4n) is 14.4. The summed E-state index contributed by atoms with van der Waals surface area (Å²) >= 11 is 0. The lowest BCUT2D eigenvalue weighted by atomic mass is 9.36. The van der Waals surface area contributed by atoms with Gasteiger partial charge in [0, 0.05) is 0 Å². The summed E-state index contributed by atoms with van der Waals surface area (Å²) in [7, 11) is -7.26. The lowest BCUT2D eigenvalue weighted by Gasteiger charge is -2.65. The minimum atomic E-state index is -3.63. The first-order valence-electron chi connectivity index (χ1n) is 23.2. The molecule has 0 saturated carbocycles. The summed E-state index contributed by atoms with van der Waals surface area (Å²) in [4.78, 5) is 0. The van der Waals surface area contributed by atoms with Gasteiger partial charge in [0.25, 0.3) is 0 Å². The van der Waals surface area contributed by atoms with Gasteiger partial charge in [-0.05, 0) is 92.3 Å². The largest absolute Gasteiger partial charge is 0.238 e. The molecule has 3 aliphatic heterocycles. The second-order valence-corrected chi connectivity index (χ2v) is 30.5. The third kappa shape index (κ3) is 6.10. The molecule has 0 spiro atoms. The van der Waals surface area contributed by atoms with Gasteiger partial charge in [-0.3, -0.25) is 0 Å². The highest BCUT2D eigenvalue weighted by atomic mass is 31.2. The van der Waals surface area contributed by atoms with Crippen LogP contribution in [-0.2, 0) is 0 Å². The van der Waals surface area contributed by atoms with Crippen LogP contribution in [0, 0.1) is 58.2 Å². The summed E-state index contributed by atoms with van der Waals surface area (Å²) in [6.45, 7) is 27.6. The molecule has 0 N–H and O–H groups in total. The Hall–Kier alpha value is -2.83. The van der Waals surface area contributed by atoms with E-state index in [9.17, 15) is 0 Å². The Morgan fingerprint density at radius 3 is 0.797 bits per heavy atom. The highest BCUT2D eigenvalue weighted by Crippen LogP contribution is 2.96. The van der Waals surface area contributed by atoms with E-state index in [4.69, 9.17) is 0 Å². The van der Waals surface area contributed by atoms with E-state index >= 15 is 43.9 Å². The quantitative estimate of drug-likeness (QED) is 0.0489. The van der Waals surface area contributed by atoms with Crippen LogP contribution in [0.1, 0.15) is 166 Å². The van der Waals surface area contributed by atoms with Crippen LogP contribution in [0.4, 0.5) is 43.9 Å². The summed E-state index contributed by atoms with van der Waals surface area (Å²) in [6, 6.07) is 8.23. The summed E-state index contributed by atoms with van der Waals surface area (Å²) < 4.78 is 165. The molecule has 4 aromatic rings. The van der Waals surface area contributed by atoms with Crippen LogP contribution in [0.2, 0.25) is 12.6 Å². The molecule has 2 unspecified atom stereocenters. The summed E-state index contributed by atoms with van der Waals surface area (Å²) in [5, 5.41) is 1.50. The number of rotatable bonds is 10. The Kier molecular flexibility index (Phi) is 12.6. The van der Waals surface area contributed by atoms with Gasteiger partial charge >= 0.3 is 0 Å². The summed E-state index contributed by atoms with van der Waals surface area (Å²) in [5.41, 5.74) is 1.58. The molecule has 14 heteroatoms. The third-order valence-corrected chi connectivity index (χ3v) is 31.4. The third-order valence-electron chi connectivity index (χ3n) is 17.1. The maximum absolute atomic E-state index is 17.5. The normalized spacial score (nSPS) is 26.7. The smallest absolute Gasteiger partial charge is 0.207 e. The Bertz CT molecular complexity index is 2280. The highest BCUT2D eigenvalue weighted by molar-refractivity contribution is 8.32. The molecule has 6 atom stereocenters. The highest BCUT2D eigenvalue weighted by Gasteiger charge is 2.86. The molecule has 3 aliphatic rings. The van der Waals surface area contributed by atoms with Gasteiger partial charge in [-0.25, -0.2) is 43.9 Å². The van der Waals surface area contributed by atoms with Crippen molar-refractivity contribution in [2.75, 3.05) is 12.3 Å². The lowest BCUT2D eigenvalue weighted by molar-refractivity contribution is 0.383. The maximum Gasteiger partial charge on any atom is 0.238 e. The van der Waals surface area contributed by atoms with Crippen LogP contribution in [-0.4, -0.2) is 35.2 Å². The maximum atomic E-state index is 17.5. The van der Waals surface area contributed by atoms with Crippen molar-refractivity contribution in [2.45, 2.75) is 156 Å². The fourth-order valence-corrected chi connectivity index (χ4v) is 34.6. The van der Waals surface area contributed by atoms with Gasteiger partial charge in [0.15, 0.2) is 34.9 Å².